The molecule has 1 aromatic heterocycles. The fourth-order valence-corrected chi connectivity index (χ4v) is 3.63. The van der Waals surface area contributed by atoms with Gasteiger partial charge in [-0.25, -0.2) is 0 Å². The van der Waals surface area contributed by atoms with Crippen LogP contribution in [0.15, 0.2) is 29.3 Å². The molecule has 6 nitrogen and oxygen atoms in total. The van der Waals surface area contributed by atoms with Crippen molar-refractivity contribution in [1.29, 1.82) is 10.5 Å². The maximum absolute atomic E-state index is 12.7. The number of allylic oxidation sites excluding steroid dienone is 1. The highest BCUT2D eigenvalue weighted by Gasteiger charge is 2.32. The number of benzene rings is 1. The number of aromatic hydroxyl groups is 1. The van der Waals surface area contributed by atoms with Crippen molar-refractivity contribution in [1.82, 2.24) is 0 Å². The summed E-state index contributed by atoms with van der Waals surface area (Å²) in [5, 5.41) is 30.0. The number of thiophene rings is 1. The Morgan fingerprint density at radius 3 is 2.62 bits per heavy atom. The van der Waals surface area contributed by atoms with Crippen molar-refractivity contribution < 1.29 is 19.5 Å². The van der Waals surface area contributed by atoms with Crippen molar-refractivity contribution in [3.63, 3.8) is 0 Å². The second kappa shape index (κ2) is 7.40. The van der Waals surface area contributed by atoms with E-state index in [9.17, 15) is 9.90 Å². The number of ketones is 1. The van der Waals surface area contributed by atoms with Gasteiger partial charge in [-0.2, -0.15) is 10.5 Å². The molecule has 7 heteroatoms. The van der Waals surface area contributed by atoms with Crippen molar-refractivity contribution in [2.45, 2.75) is 13.5 Å². The van der Waals surface area contributed by atoms with Crippen LogP contribution in [0.25, 0.3) is 6.08 Å². The van der Waals surface area contributed by atoms with Crippen LogP contribution in [0.5, 0.6) is 11.5 Å². The normalized spacial score (nSPS) is 14.2. The highest BCUT2D eigenvalue weighted by molar-refractivity contribution is 7.11. The van der Waals surface area contributed by atoms with E-state index in [1.165, 1.54) is 23.5 Å². The lowest BCUT2D eigenvalue weighted by molar-refractivity contribution is -0.899. The Bertz CT molecular complexity index is 963. The molecule has 0 aliphatic carbocycles. The number of quaternary nitrogens is 1. The van der Waals surface area contributed by atoms with E-state index >= 15 is 0 Å². The van der Waals surface area contributed by atoms with Gasteiger partial charge in [0.15, 0.2) is 24.6 Å². The van der Waals surface area contributed by atoms with Gasteiger partial charge in [0.1, 0.15) is 24.4 Å². The molecule has 0 unspecified atom stereocenters. The Kier molecular flexibility index (Phi) is 5.04. The highest BCUT2D eigenvalue weighted by atomic mass is 32.1. The van der Waals surface area contributed by atoms with Crippen LogP contribution in [0.1, 0.15) is 26.4 Å². The maximum atomic E-state index is 12.7. The first-order chi connectivity index (χ1) is 12.5. The van der Waals surface area contributed by atoms with Gasteiger partial charge in [0.25, 0.3) is 0 Å². The summed E-state index contributed by atoms with van der Waals surface area (Å²) >= 11 is 1.51. The Morgan fingerprint density at radius 1 is 1.27 bits per heavy atom. The average molecular weight is 366 g/mol. The van der Waals surface area contributed by atoms with Gasteiger partial charge >= 0.3 is 0 Å². The molecule has 2 aromatic rings. The summed E-state index contributed by atoms with van der Waals surface area (Å²) in [7, 11) is 0. The number of nitriles is 2. The molecule has 1 aliphatic rings. The molecule has 0 saturated heterocycles. The van der Waals surface area contributed by atoms with Crippen LogP contribution >= 0.6 is 11.3 Å². The predicted octanol–water partition coefficient (Wildman–Crippen LogP) is 1.81. The third-order valence-corrected chi connectivity index (χ3v) is 5.13. The number of Topliss-reactive ketones (excluding diaryl/α,β-unsaturated/α-hetero) is 1. The number of rotatable bonds is 5. The number of aryl methyl sites for hydroxylation is 1. The minimum atomic E-state index is -0.240. The number of phenolic OH excluding ortho intramolecular Hbond substituents is 1. The second-order valence-corrected chi connectivity index (χ2v) is 6.89. The van der Waals surface area contributed by atoms with E-state index in [1.807, 2.05) is 30.5 Å². The van der Waals surface area contributed by atoms with Gasteiger partial charge in [0, 0.05) is 11.0 Å². The number of carbonyl (C=O) groups is 1. The standard InChI is InChI=1S/C19H15N3O3S/c1-12-4-9-26-17(12)10-16-18(24)13-2-3-15(23)14(19(13)25-16)11-22(7-5-20)8-6-21/h2-4,9-10,23H,7-8,11H2,1H3/p+1/b16-10+. The van der Waals surface area contributed by atoms with Crippen LogP contribution in [0.4, 0.5) is 0 Å². The molecule has 0 radical (unpaired) electrons. The topological polar surface area (TPSA) is 98.5 Å². The summed E-state index contributed by atoms with van der Waals surface area (Å²) in [6, 6.07) is 9.00. The predicted molar refractivity (Wildman–Crippen MR) is 95.7 cm³/mol. The highest BCUT2D eigenvalue weighted by Crippen LogP contribution is 2.39. The molecule has 2 heterocycles. The van der Waals surface area contributed by atoms with Crippen LogP contribution in [-0.2, 0) is 6.54 Å². The number of nitrogens with one attached hydrogen (secondary N) is 1. The van der Waals surface area contributed by atoms with Crippen molar-refractivity contribution in [2.24, 2.45) is 0 Å². The summed E-state index contributed by atoms with van der Waals surface area (Å²) < 4.78 is 5.80. The van der Waals surface area contributed by atoms with Gasteiger partial charge in [0.2, 0.25) is 5.78 Å². The van der Waals surface area contributed by atoms with E-state index in [0.717, 1.165) is 10.4 Å². The van der Waals surface area contributed by atoms with E-state index in [1.54, 1.807) is 6.08 Å². The third kappa shape index (κ3) is 3.31. The number of hydrogen-bond acceptors (Lipinski definition) is 6. The fraction of sp³-hybridized carbons (Fsp3) is 0.211. The second-order valence-electron chi connectivity index (χ2n) is 5.94. The van der Waals surface area contributed by atoms with Gasteiger partial charge in [-0.05, 0) is 36.1 Å². The largest absolute Gasteiger partial charge is 0.507 e. The van der Waals surface area contributed by atoms with Crippen LogP contribution in [0.2, 0.25) is 0 Å². The lowest BCUT2D eigenvalue weighted by Gasteiger charge is -2.15. The smallest absolute Gasteiger partial charge is 0.232 e. The molecule has 130 valence electrons. The van der Waals surface area contributed by atoms with Crippen LogP contribution < -0.4 is 9.64 Å². The van der Waals surface area contributed by atoms with Gasteiger partial charge in [0.05, 0.1) is 11.1 Å². The van der Waals surface area contributed by atoms with Crippen LogP contribution in [0.3, 0.4) is 0 Å². The molecule has 0 bridgehead atoms. The molecule has 0 atom stereocenters. The quantitative estimate of drug-likeness (QED) is 0.621. The molecule has 1 aromatic carbocycles. The molecule has 26 heavy (non-hydrogen) atoms. The first-order valence-corrected chi connectivity index (χ1v) is 8.83. The first-order valence-electron chi connectivity index (χ1n) is 7.95. The zero-order chi connectivity index (χ0) is 18.7. The van der Waals surface area contributed by atoms with Gasteiger partial charge in [-0.15, -0.1) is 11.3 Å². The SMILES string of the molecule is Cc1ccsc1/C=C1/Oc2c(ccc(O)c2C[NH+](CC#N)CC#N)C1=O. The summed E-state index contributed by atoms with van der Waals surface area (Å²) in [6.45, 7) is 2.40. The first kappa shape index (κ1) is 17.7. The van der Waals surface area contributed by atoms with Gasteiger partial charge in [-0.3, -0.25) is 4.79 Å². The molecular formula is C19H16N3O3S+. The van der Waals surface area contributed by atoms with Gasteiger partial charge < -0.3 is 14.7 Å². The number of fused-ring (bicyclic) bond motifs is 1. The average Bonchev–Trinajstić information content (AvgIpc) is 3.15. The van der Waals surface area contributed by atoms with Crippen molar-refractivity contribution >= 4 is 23.2 Å². The third-order valence-electron chi connectivity index (χ3n) is 4.16. The minimum absolute atomic E-state index is 0.0153. The minimum Gasteiger partial charge on any atom is -0.507 e. The van der Waals surface area contributed by atoms with E-state index < -0.39 is 0 Å². The molecule has 0 saturated carbocycles. The zero-order valence-electron chi connectivity index (χ0n) is 14.1. The maximum Gasteiger partial charge on any atom is 0.232 e. The zero-order valence-corrected chi connectivity index (χ0v) is 14.9. The molecule has 2 N–H and O–H groups in total. The number of carbonyl (C=O) groups excluding carboxylic acids is 1. The van der Waals surface area contributed by atoms with E-state index in [4.69, 9.17) is 15.3 Å². The summed E-state index contributed by atoms with van der Waals surface area (Å²) in [5.41, 5.74) is 1.87. The Morgan fingerprint density at radius 2 is 2.00 bits per heavy atom. The Balaban J connectivity index is 1.97. The number of ether oxygens (including phenoxy) is 1. The molecule has 3 rings (SSSR count). The van der Waals surface area contributed by atoms with E-state index in [0.29, 0.717) is 21.8 Å². The summed E-state index contributed by atoms with van der Waals surface area (Å²) in [6.07, 6.45) is 1.71. The van der Waals surface area contributed by atoms with Crippen LogP contribution in [-0.4, -0.2) is 24.0 Å². The van der Waals surface area contributed by atoms with Crippen molar-refractivity contribution in [3.8, 4) is 23.6 Å². The van der Waals surface area contributed by atoms with E-state index in [-0.39, 0.29) is 36.9 Å². The lowest BCUT2D eigenvalue weighted by Crippen LogP contribution is -3.10. The Hall–Kier alpha value is -3.13. The monoisotopic (exact) mass is 366 g/mol. The summed E-state index contributed by atoms with van der Waals surface area (Å²) in [4.78, 5) is 14.3. The van der Waals surface area contributed by atoms with Crippen LogP contribution in [0, 0.1) is 29.6 Å². The number of hydrogen-bond donors (Lipinski definition) is 2. The lowest BCUT2D eigenvalue weighted by atomic mass is 10.0. The number of nitrogens with zero attached hydrogens (tertiary/aromatic N) is 2. The van der Waals surface area contributed by atoms with Crippen molar-refractivity contribution in [2.75, 3.05) is 13.1 Å². The van der Waals surface area contributed by atoms with Crippen molar-refractivity contribution in [3.05, 3.63) is 50.9 Å². The summed E-state index contributed by atoms with van der Waals surface area (Å²) in [5.74, 6) is 0.262. The molecular weight excluding hydrogens is 350 g/mol. The van der Waals surface area contributed by atoms with E-state index in [2.05, 4.69) is 0 Å². The van der Waals surface area contributed by atoms with Gasteiger partial charge in [-0.1, -0.05) is 0 Å². The Labute approximate surface area is 154 Å². The molecule has 0 amide bonds. The fourth-order valence-electron chi connectivity index (χ4n) is 2.78. The molecule has 0 fully saturated rings. The number of phenols is 1. The molecule has 1 aliphatic heterocycles. The molecule has 0 spiro atoms.